The molecular formula is C41H28O. The van der Waals surface area contributed by atoms with Gasteiger partial charge in [-0.3, -0.25) is 0 Å². The Hall–Kier alpha value is -5.50. The summed E-state index contributed by atoms with van der Waals surface area (Å²) >= 11 is 0. The Morgan fingerprint density at radius 3 is 1.60 bits per heavy atom. The van der Waals surface area contributed by atoms with Crippen molar-refractivity contribution in [2.75, 3.05) is 7.11 Å². The van der Waals surface area contributed by atoms with Crippen molar-refractivity contribution in [2.45, 2.75) is 13.8 Å². The van der Waals surface area contributed by atoms with Crippen LogP contribution in [0.3, 0.4) is 0 Å². The van der Waals surface area contributed by atoms with Gasteiger partial charge in [0.15, 0.2) is 0 Å². The summed E-state index contributed by atoms with van der Waals surface area (Å²) in [5.74, 6) is 15.1. The van der Waals surface area contributed by atoms with Crippen LogP contribution in [-0.2, 0) is 0 Å². The van der Waals surface area contributed by atoms with Crippen LogP contribution in [-0.4, -0.2) is 7.11 Å². The molecule has 0 fully saturated rings. The molecule has 0 saturated heterocycles. The van der Waals surface area contributed by atoms with Crippen LogP contribution in [0.2, 0.25) is 0 Å². The number of aryl methyl sites for hydroxylation is 2. The van der Waals surface area contributed by atoms with Gasteiger partial charge in [0.25, 0.3) is 0 Å². The van der Waals surface area contributed by atoms with E-state index in [0.717, 1.165) is 60.3 Å². The first-order valence-corrected chi connectivity index (χ1v) is 14.1. The third-order valence-electron chi connectivity index (χ3n) is 7.95. The van der Waals surface area contributed by atoms with Crippen molar-refractivity contribution in [2.24, 2.45) is 0 Å². The van der Waals surface area contributed by atoms with Crippen LogP contribution < -0.4 is 4.74 Å². The van der Waals surface area contributed by atoms with Crippen molar-refractivity contribution in [3.05, 3.63) is 149 Å². The van der Waals surface area contributed by atoms with Crippen LogP contribution in [0.4, 0.5) is 0 Å². The van der Waals surface area contributed by atoms with Gasteiger partial charge in [-0.25, -0.2) is 0 Å². The van der Waals surface area contributed by atoms with E-state index < -0.39 is 0 Å². The summed E-state index contributed by atoms with van der Waals surface area (Å²) in [7, 11) is 1.69. The fourth-order valence-electron chi connectivity index (χ4n) is 5.83. The third kappa shape index (κ3) is 4.53. The largest absolute Gasteiger partial charge is 0.497 e. The van der Waals surface area contributed by atoms with E-state index in [-0.39, 0.29) is 0 Å². The van der Waals surface area contributed by atoms with E-state index in [2.05, 4.69) is 147 Å². The van der Waals surface area contributed by atoms with Gasteiger partial charge in [0.1, 0.15) is 5.75 Å². The molecule has 0 atom stereocenters. The highest BCUT2D eigenvalue weighted by molar-refractivity contribution is 6.10. The minimum Gasteiger partial charge on any atom is -0.497 e. The van der Waals surface area contributed by atoms with Crippen LogP contribution in [0.25, 0.3) is 43.1 Å². The number of methoxy groups -OCH3 is 1. The molecule has 198 valence electrons. The van der Waals surface area contributed by atoms with Crippen molar-refractivity contribution in [3.63, 3.8) is 0 Å². The van der Waals surface area contributed by atoms with E-state index in [1.54, 1.807) is 7.11 Å². The minimum absolute atomic E-state index is 0.843. The van der Waals surface area contributed by atoms with E-state index in [4.69, 9.17) is 4.74 Å². The molecule has 0 aromatic heterocycles. The number of rotatable bonds is 1. The summed E-state index contributed by atoms with van der Waals surface area (Å²) in [6.45, 7) is 4.26. The Bertz CT molecular complexity index is 2320. The summed E-state index contributed by atoms with van der Waals surface area (Å²) in [5, 5.41) is 9.09. The van der Waals surface area contributed by atoms with Gasteiger partial charge in [-0.1, -0.05) is 120 Å². The average Bonchev–Trinajstić information content (AvgIpc) is 3.02. The fourth-order valence-corrected chi connectivity index (χ4v) is 5.83. The molecule has 7 aromatic rings. The molecule has 0 aliphatic heterocycles. The zero-order valence-electron chi connectivity index (χ0n) is 23.9. The van der Waals surface area contributed by atoms with Gasteiger partial charge in [-0.15, -0.1) is 0 Å². The molecule has 0 radical (unpaired) electrons. The highest BCUT2D eigenvalue weighted by Crippen LogP contribution is 2.33. The van der Waals surface area contributed by atoms with E-state index in [1.165, 1.54) is 21.9 Å². The molecule has 0 bridgehead atoms. The third-order valence-corrected chi connectivity index (χ3v) is 7.95. The number of benzene rings is 7. The maximum absolute atomic E-state index is 5.44. The minimum atomic E-state index is 0.843. The molecule has 42 heavy (non-hydrogen) atoms. The van der Waals surface area contributed by atoms with Crippen molar-refractivity contribution in [3.8, 4) is 29.4 Å². The maximum atomic E-state index is 5.44. The van der Waals surface area contributed by atoms with Crippen molar-refractivity contribution >= 4 is 43.1 Å². The topological polar surface area (TPSA) is 9.23 Å². The summed E-state index contributed by atoms with van der Waals surface area (Å²) in [4.78, 5) is 0. The molecule has 7 rings (SSSR count). The molecule has 0 spiro atoms. The lowest BCUT2D eigenvalue weighted by Crippen LogP contribution is -1.92. The second kappa shape index (κ2) is 10.5. The molecular weight excluding hydrogens is 508 g/mol. The van der Waals surface area contributed by atoms with Gasteiger partial charge in [0.05, 0.1) is 7.11 Å². The molecule has 0 N–H and O–H groups in total. The van der Waals surface area contributed by atoms with E-state index >= 15 is 0 Å². The van der Waals surface area contributed by atoms with E-state index in [0.29, 0.717) is 0 Å². The Balaban J connectivity index is 1.46. The lowest BCUT2D eigenvalue weighted by atomic mass is 9.90. The quantitative estimate of drug-likeness (QED) is 0.150. The molecule has 0 saturated carbocycles. The van der Waals surface area contributed by atoms with Crippen LogP contribution in [0, 0.1) is 37.5 Å². The van der Waals surface area contributed by atoms with Crippen molar-refractivity contribution in [1.29, 1.82) is 0 Å². The molecule has 7 aromatic carbocycles. The number of hydrogen-bond donors (Lipinski definition) is 0. The maximum Gasteiger partial charge on any atom is 0.119 e. The first-order valence-electron chi connectivity index (χ1n) is 14.1. The van der Waals surface area contributed by atoms with E-state index in [1.807, 2.05) is 6.07 Å². The average molecular weight is 537 g/mol. The van der Waals surface area contributed by atoms with Crippen LogP contribution in [0.5, 0.6) is 5.75 Å². The van der Waals surface area contributed by atoms with Gasteiger partial charge in [-0.2, -0.15) is 0 Å². The Morgan fingerprint density at radius 1 is 0.429 bits per heavy atom. The molecule has 0 heterocycles. The SMILES string of the molecule is COc1ccc2c(C#Cc3c4ccccc4c(C#Cc4cccc5cc(C)ccc45)c4ccc(C)cc34)cccc2c1. The summed E-state index contributed by atoms with van der Waals surface area (Å²) in [6.07, 6.45) is 0. The monoisotopic (exact) mass is 536 g/mol. The molecule has 0 aliphatic carbocycles. The van der Waals surface area contributed by atoms with Crippen LogP contribution in [0.15, 0.2) is 115 Å². The zero-order valence-corrected chi connectivity index (χ0v) is 23.9. The Labute approximate surface area is 246 Å². The van der Waals surface area contributed by atoms with Crippen LogP contribution >= 0.6 is 0 Å². The standard InChI is InChI=1S/C41H28O/c1-27-14-19-34-29(8-6-10-31(34)24-27)16-21-38-36-12-4-5-13-37(36)40(41-25-28(2)15-20-39(38)41)22-17-30-9-7-11-32-26-33(42-3)18-23-35(30)32/h4-15,18-20,23-26H,1-3H3. The molecule has 1 nitrogen and oxygen atoms in total. The highest BCUT2D eigenvalue weighted by atomic mass is 16.5. The predicted octanol–water partition coefficient (Wildman–Crippen LogP) is 9.72. The predicted molar refractivity (Wildman–Crippen MR) is 177 cm³/mol. The summed E-state index contributed by atoms with van der Waals surface area (Å²) in [5.41, 5.74) is 6.54. The van der Waals surface area contributed by atoms with Gasteiger partial charge < -0.3 is 4.74 Å². The molecule has 0 amide bonds. The number of ether oxygens (including phenoxy) is 1. The second-order valence-corrected chi connectivity index (χ2v) is 10.8. The second-order valence-electron chi connectivity index (χ2n) is 10.8. The summed E-state index contributed by atoms with van der Waals surface area (Å²) < 4.78 is 5.44. The number of fused-ring (bicyclic) bond motifs is 4. The zero-order chi connectivity index (χ0) is 28.6. The molecule has 0 aliphatic rings. The lowest BCUT2D eigenvalue weighted by molar-refractivity contribution is 0.415. The molecule has 0 unspecified atom stereocenters. The normalized spacial score (nSPS) is 10.8. The van der Waals surface area contributed by atoms with Gasteiger partial charge in [-0.05, 0) is 87.3 Å². The number of hydrogen-bond acceptors (Lipinski definition) is 1. The van der Waals surface area contributed by atoms with Crippen molar-refractivity contribution in [1.82, 2.24) is 0 Å². The van der Waals surface area contributed by atoms with Gasteiger partial charge in [0.2, 0.25) is 0 Å². The molecule has 1 heteroatoms. The Morgan fingerprint density at radius 2 is 0.952 bits per heavy atom. The van der Waals surface area contributed by atoms with Gasteiger partial charge in [0, 0.05) is 22.3 Å². The Kier molecular flexibility index (Phi) is 6.35. The van der Waals surface area contributed by atoms with Crippen LogP contribution in [0.1, 0.15) is 33.4 Å². The smallest absolute Gasteiger partial charge is 0.119 e. The van der Waals surface area contributed by atoms with Crippen molar-refractivity contribution < 1.29 is 4.74 Å². The first kappa shape index (κ1) is 25.5. The highest BCUT2D eigenvalue weighted by Gasteiger charge is 2.12. The fraction of sp³-hybridized carbons (Fsp3) is 0.0732. The van der Waals surface area contributed by atoms with E-state index in [9.17, 15) is 0 Å². The lowest BCUT2D eigenvalue weighted by Gasteiger charge is -2.12. The van der Waals surface area contributed by atoms with Gasteiger partial charge >= 0.3 is 0 Å². The first-order chi connectivity index (χ1) is 20.6. The summed E-state index contributed by atoms with van der Waals surface area (Å²) in [6, 6.07) is 40.4.